The number of amides is 1. The molecule has 0 radical (unpaired) electrons. The van der Waals surface area contributed by atoms with E-state index in [0.717, 1.165) is 18.8 Å². The fourth-order valence-electron chi connectivity index (χ4n) is 4.84. The topological polar surface area (TPSA) is 93.1 Å². The summed E-state index contributed by atoms with van der Waals surface area (Å²) in [4.78, 5) is 24.6. The number of carbonyl (C=O) groups is 2. The lowest BCUT2D eigenvalue weighted by Gasteiger charge is -2.56. The van der Waals surface area contributed by atoms with E-state index >= 15 is 0 Å². The van der Waals surface area contributed by atoms with Crippen LogP contribution in [0.5, 0.6) is 0 Å². The molecule has 8 heteroatoms. The Hall–Kier alpha value is -1.70. The molecule has 2 heterocycles. The molecule has 0 aromatic carbocycles. The Morgan fingerprint density at radius 1 is 1.37 bits per heavy atom. The maximum absolute atomic E-state index is 12.5. The van der Waals surface area contributed by atoms with Gasteiger partial charge in [-0.2, -0.15) is 5.10 Å². The first-order valence-corrected chi connectivity index (χ1v) is 11.5. The van der Waals surface area contributed by atoms with Gasteiger partial charge in [-0.15, -0.1) is 0 Å². The third-order valence-corrected chi connectivity index (χ3v) is 8.55. The van der Waals surface area contributed by atoms with E-state index in [1.807, 2.05) is 0 Å². The summed E-state index contributed by atoms with van der Waals surface area (Å²) in [6.07, 6.45) is 5.16. The van der Waals surface area contributed by atoms with Crippen LogP contribution in [0, 0.1) is 17.3 Å². The molecule has 1 saturated heterocycles. The first-order valence-electron chi connectivity index (χ1n) is 9.63. The van der Waals surface area contributed by atoms with Crippen molar-refractivity contribution in [2.75, 3.05) is 18.1 Å². The molecule has 0 aromatic rings. The van der Waals surface area contributed by atoms with Crippen molar-refractivity contribution in [1.29, 1.82) is 0 Å². The van der Waals surface area contributed by atoms with Crippen molar-refractivity contribution in [2.24, 2.45) is 22.4 Å². The van der Waals surface area contributed by atoms with Gasteiger partial charge in [-0.1, -0.05) is 19.9 Å². The highest BCUT2D eigenvalue weighted by Crippen LogP contribution is 2.59. The Kier molecular flexibility index (Phi) is 4.44. The largest absolute Gasteiger partial charge is 0.457 e. The first kappa shape index (κ1) is 18.7. The number of carbonyl (C=O) groups excluding carboxylic acids is 2. The summed E-state index contributed by atoms with van der Waals surface area (Å²) in [6.45, 7) is 4.81. The van der Waals surface area contributed by atoms with Crippen LogP contribution in [-0.2, 0) is 24.2 Å². The molecule has 1 amide bonds. The number of ether oxygens (including phenoxy) is 1. The third-order valence-electron chi connectivity index (χ3n) is 6.80. The minimum absolute atomic E-state index is 0.0586. The highest BCUT2D eigenvalue weighted by molar-refractivity contribution is 7.91. The zero-order valence-electron chi connectivity index (χ0n) is 15.8. The average Bonchev–Trinajstić information content (AvgIpc) is 2.99. The highest BCUT2D eigenvalue weighted by atomic mass is 32.2. The number of fused-ring (bicyclic) bond motifs is 1. The van der Waals surface area contributed by atoms with E-state index in [4.69, 9.17) is 4.74 Å². The molecule has 0 N–H and O–H groups in total. The molecule has 3 unspecified atom stereocenters. The van der Waals surface area contributed by atoms with Gasteiger partial charge >= 0.3 is 5.97 Å². The van der Waals surface area contributed by atoms with Crippen molar-refractivity contribution in [2.45, 2.75) is 52.0 Å². The number of esters is 1. The minimum Gasteiger partial charge on any atom is -0.457 e. The zero-order valence-corrected chi connectivity index (χ0v) is 16.6. The van der Waals surface area contributed by atoms with Crippen LogP contribution in [0.4, 0.5) is 0 Å². The summed E-state index contributed by atoms with van der Waals surface area (Å²) in [5, 5.41) is 5.37. The SMILES string of the molecule is CC1(C)C2CC=C(COC(=O)C3=NN(C4CCS(=O)(=O)C4)C(=O)CC3)C1C2. The second-order valence-electron chi connectivity index (χ2n) is 8.74. The molecule has 2 fully saturated rings. The summed E-state index contributed by atoms with van der Waals surface area (Å²) in [5.74, 6) is 0.434. The summed E-state index contributed by atoms with van der Waals surface area (Å²) in [5.41, 5.74) is 1.67. The number of hydrogen-bond acceptors (Lipinski definition) is 6. The van der Waals surface area contributed by atoms with E-state index in [0.29, 0.717) is 12.3 Å². The monoisotopic (exact) mass is 394 g/mol. The van der Waals surface area contributed by atoms with Crippen molar-refractivity contribution in [3.8, 4) is 0 Å². The Bertz CT molecular complexity index is 842. The van der Waals surface area contributed by atoms with Crippen LogP contribution in [0.2, 0.25) is 0 Å². The molecule has 2 bridgehead atoms. The van der Waals surface area contributed by atoms with Gasteiger partial charge in [0.1, 0.15) is 12.3 Å². The lowest BCUT2D eigenvalue weighted by atomic mass is 9.49. The number of nitrogens with zero attached hydrogens (tertiary/aromatic N) is 2. The van der Waals surface area contributed by atoms with Crippen molar-refractivity contribution >= 4 is 27.4 Å². The maximum atomic E-state index is 12.5. The molecule has 148 valence electrons. The van der Waals surface area contributed by atoms with E-state index in [-0.39, 0.29) is 48.0 Å². The van der Waals surface area contributed by atoms with Crippen LogP contribution in [0.25, 0.3) is 0 Å². The third kappa shape index (κ3) is 3.32. The fraction of sp³-hybridized carbons (Fsp3) is 0.737. The summed E-state index contributed by atoms with van der Waals surface area (Å²) in [6, 6.07) is -0.473. The Balaban J connectivity index is 1.40. The van der Waals surface area contributed by atoms with Gasteiger partial charge in [0, 0.05) is 12.8 Å². The summed E-state index contributed by atoms with van der Waals surface area (Å²) < 4.78 is 28.9. The fourth-order valence-corrected chi connectivity index (χ4v) is 6.54. The van der Waals surface area contributed by atoms with Crippen molar-refractivity contribution in [3.05, 3.63) is 11.6 Å². The van der Waals surface area contributed by atoms with Crippen LogP contribution in [0.1, 0.15) is 46.0 Å². The quantitative estimate of drug-likeness (QED) is 0.534. The number of allylic oxidation sites excluding steroid dienone is 1. The predicted molar refractivity (Wildman–Crippen MR) is 99.6 cm³/mol. The van der Waals surface area contributed by atoms with Crippen LogP contribution >= 0.6 is 0 Å². The summed E-state index contributed by atoms with van der Waals surface area (Å²) >= 11 is 0. The molecule has 2 aliphatic heterocycles. The zero-order chi connectivity index (χ0) is 19.4. The highest BCUT2D eigenvalue weighted by Gasteiger charge is 2.51. The van der Waals surface area contributed by atoms with E-state index in [1.54, 1.807) is 0 Å². The van der Waals surface area contributed by atoms with Gasteiger partial charge in [-0.3, -0.25) is 4.79 Å². The second kappa shape index (κ2) is 6.43. The smallest absolute Gasteiger partial charge is 0.354 e. The Labute approximate surface area is 159 Å². The number of hydrogen-bond donors (Lipinski definition) is 0. The number of hydrazone groups is 1. The normalized spacial score (nSPS) is 33.8. The molecule has 1 saturated carbocycles. The molecule has 0 aromatic heterocycles. The second-order valence-corrected chi connectivity index (χ2v) is 11.0. The van der Waals surface area contributed by atoms with E-state index in [1.165, 1.54) is 10.6 Å². The van der Waals surface area contributed by atoms with E-state index < -0.39 is 21.8 Å². The molecular formula is C19H26N2O5S. The average molecular weight is 394 g/mol. The standard InChI is InChI=1S/C19H26N2O5S/c1-19(2)13-4-3-12(15(19)9-13)10-26-18(23)16-5-6-17(22)21(20-16)14-7-8-27(24,25)11-14/h3,13-15H,4-11H2,1-2H3. The molecule has 27 heavy (non-hydrogen) atoms. The molecule has 5 rings (SSSR count). The van der Waals surface area contributed by atoms with Gasteiger partial charge < -0.3 is 4.74 Å². The van der Waals surface area contributed by atoms with Gasteiger partial charge in [0.2, 0.25) is 5.91 Å². The van der Waals surface area contributed by atoms with Gasteiger partial charge in [0.15, 0.2) is 9.84 Å². The van der Waals surface area contributed by atoms with Crippen LogP contribution in [0.15, 0.2) is 16.8 Å². The lowest BCUT2D eigenvalue weighted by molar-refractivity contribution is -0.137. The number of sulfone groups is 1. The molecule has 5 aliphatic rings. The lowest BCUT2D eigenvalue weighted by Crippen LogP contribution is -2.49. The van der Waals surface area contributed by atoms with Crippen LogP contribution < -0.4 is 0 Å². The molecule has 3 aliphatic carbocycles. The van der Waals surface area contributed by atoms with Gasteiger partial charge in [-0.05, 0) is 42.1 Å². The van der Waals surface area contributed by atoms with Crippen LogP contribution in [0.3, 0.4) is 0 Å². The first-order chi connectivity index (χ1) is 12.7. The van der Waals surface area contributed by atoms with Gasteiger partial charge in [0.25, 0.3) is 0 Å². The van der Waals surface area contributed by atoms with Crippen molar-refractivity contribution in [1.82, 2.24) is 5.01 Å². The molecule has 7 nitrogen and oxygen atoms in total. The van der Waals surface area contributed by atoms with Gasteiger partial charge in [0.05, 0.1) is 17.5 Å². The molecule has 0 spiro atoms. The molecular weight excluding hydrogens is 368 g/mol. The maximum Gasteiger partial charge on any atom is 0.354 e. The van der Waals surface area contributed by atoms with Crippen molar-refractivity contribution < 1.29 is 22.7 Å². The predicted octanol–water partition coefficient (Wildman–Crippen LogP) is 1.69. The summed E-state index contributed by atoms with van der Waals surface area (Å²) in [7, 11) is -3.13. The van der Waals surface area contributed by atoms with E-state index in [2.05, 4.69) is 25.0 Å². The minimum atomic E-state index is -3.13. The Morgan fingerprint density at radius 2 is 2.15 bits per heavy atom. The van der Waals surface area contributed by atoms with Gasteiger partial charge in [-0.25, -0.2) is 18.2 Å². The Morgan fingerprint density at radius 3 is 2.78 bits per heavy atom. The number of rotatable bonds is 4. The molecule has 3 atom stereocenters. The van der Waals surface area contributed by atoms with Crippen molar-refractivity contribution in [3.63, 3.8) is 0 Å². The van der Waals surface area contributed by atoms with E-state index in [9.17, 15) is 18.0 Å². The van der Waals surface area contributed by atoms with Crippen LogP contribution in [-0.4, -0.2) is 55.2 Å².